The SMILES string of the molecule is N#C/C(=C\c1ccc(OC(=O)c2ccccc2Br)cc1)C(=O)Nc1cccc(I)c1. The maximum absolute atomic E-state index is 12.4. The highest BCUT2D eigenvalue weighted by Gasteiger charge is 2.12. The monoisotopic (exact) mass is 572 g/mol. The molecule has 3 aromatic rings. The van der Waals surface area contributed by atoms with Crippen LogP contribution in [0.15, 0.2) is 82.8 Å². The Balaban J connectivity index is 1.70. The molecule has 0 heterocycles. The Morgan fingerprint density at radius 2 is 1.77 bits per heavy atom. The molecule has 0 aliphatic heterocycles. The molecule has 0 radical (unpaired) electrons. The minimum absolute atomic E-state index is 0.0353. The average molecular weight is 573 g/mol. The lowest BCUT2D eigenvalue weighted by Gasteiger charge is -2.07. The van der Waals surface area contributed by atoms with Crippen LogP contribution in [-0.2, 0) is 4.79 Å². The molecule has 0 saturated heterocycles. The van der Waals surface area contributed by atoms with Gasteiger partial charge < -0.3 is 10.1 Å². The maximum Gasteiger partial charge on any atom is 0.344 e. The Hall–Kier alpha value is -2.96. The van der Waals surface area contributed by atoms with Gasteiger partial charge in [-0.3, -0.25) is 4.79 Å². The first-order valence-electron chi connectivity index (χ1n) is 8.72. The van der Waals surface area contributed by atoms with Crippen molar-refractivity contribution in [2.24, 2.45) is 0 Å². The van der Waals surface area contributed by atoms with Crippen LogP contribution in [0.5, 0.6) is 5.75 Å². The number of halogens is 2. The number of esters is 1. The predicted molar refractivity (Wildman–Crippen MR) is 127 cm³/mol. The van der Waals surface area contributed by atoms with Crippen molar-refractivity contribution in [1.82, 2.24) is 0 Å². The molecule has 0 bridgehead atoms. The van der Waals surface area contributed by atoms with Gasteiger partial charge in [0.25, 0.3) is 5.91 Å². The van der Waals surface area contributed by atoms with E-state index in [0.29, 0.717) is 27.0 Å². The molecule has 0 unspecified atom stereocenters. The van der Waals surface area contributed by atoms with E-state index in [1.165, 1.54) is 6.08 Å². The van der Waals surface area contributed by atoms with Crippen LogP contribution in [0.25, 0.3) is 6.08 Å². The summed E-state index contributed by atoms with van der Waals surface area (Å²) in [6.45, 7) is 0. The van der Waals surface area contributed by atoms with Crippen molar-refractivity contribution in [1.29, 1.82) is 5.26 Å². The fourth-order valence-corrected chi connectivity index (χ4v) is 3.49. The van der Waals surface area contributed by atoms with E-state index in [1.807, 2.05) is 30.3 Å². The summed E-state index contributed by atoms with van der Waals surface area (Å²) in [4.78, 5) is 24.7. The fraction of sp³-hybridized carbons (Fsp3) is 0. The molecule has 148 valence electrons. The van der Waals surface area contributed by atoms with Gasteiger partial charge in [0.1, 0.15) is 17.4 Å². The Labute approximate surface area is 195 Å². The Morgan fingerprint density at radius 1 is 1.03 bits per heavy atom. The molecular weight excluding hydrogens is 559 g/mol. The van der Waals surface area contributed by atoms with Gasteiger partial charge in [-0.05, 0) is 92.6 Å². The number of anilines is 1. The molecule has 7 heteroatoms. The van der Waals surface area contributed by atoms with Crippen LogP contribution >= 0.6 is 38.5 Å². The summed E-state index contributed by atoms with van der Waals surface area (Å²) >= 11 is 5.47. The highest BCUT2D eigenvalue weighted by atomic mass is 127. The second kappa shape index (κ2) is 10.2. The molecule has 0 saturated carbocycles. The Kier molecular flexibility index (Phi) is 7.38. The van der Waals surface area contributed by atoms with Crippen molar-refractivity contribution in [2.75, 3.05) is 5.32 Å². The zero-order valence-electron chi connectivity index (χ0n) is 15.4. The molecule has 0 atom stereocenters. The Morgan fingerprint density at radius 3 is 2.43 bits per heavy atom. The summed E-state index contributed by atoms with van der Waals surface area (Å²) in [7, 11) is 0. The highest BCUT2D eigenvalue weighted by molar-refractivity contribution is 14.1. The van der Waals surface area contributed by atoms with Gasteiger partial charge in [0, 0.05) is 13.7 Å². The van der Waals surface area contributed by atoms with Gasteiger partial charge in [0.05, 0.1) is 5.56 Å². The summed E-state index contributed by atoms with van der Waals surface area (Å²) < 4.78 is 6.99. The number of benzene rings is 3. The molecule has 0 spiro atoms. The number of hydrogen-bond donors (Lipinski definition) is 1. The molecule has 0 aromatic heterocycles. The summed E-state index contributed by atoms with van der Waals surface area (Å²) in [6.07, 6.45) is 1.47. The van der Waals surface area contributed by atoms with Crippen molar-refractivity contribution in [2.45, 2.75) is 0 Å². The second-order valence-electron chi connectivity index (χ2n) is 6.07. The molecule has 1 N–H and O–H groups in total. The minimum Gasteiger partial charge on any atom is -0.423 e. The number of hydrogen-bond acceptors (Lipinski definition) is 4. The van der Waals surface area contributed by atoms with E-state index in [4.69, 9.17) is 4.74 Å². The van der Waals surface area contributed by atoms with Crippen molar-refractivity contribution in [3.63, 3.8) is 0 Å². The van der Waals surface area contributed by atoms with E-state index in [9.17, 15) is 14.9 Å². The van der Waals surface area contributed by atoms with Crippen LogP contribution < -0.4 is 10.1 Å². The standard InChI is InChI=1S/C23H14BrIN2O3/c24-21-7-2-1-6-20(21)23(29)30-19-10-8-15(9-11-19)12-16(14-26)22(28)27-18-5-3-4-17(25)13-18/h1-13H,(H,27,28)/b16-12+. The van der Waals surface area contributed by atoms with Gasteiger partial charge in [-0.2, -0.15) is 5.26 Å². The molecule has 0 aliphatic carbocycles. The molecule has 1 amide bonds. The van der Waals surface area contributed by atoms with Crippen molar-refractivity contribution >= 4 is 62.2 Å². The smallest absolute Gasteiger partial charge is 0.344 e. The van der Waals surface area contributed by atoms with Crippen molar-refractivity contribution in [3.05, 3.63) is 97.5 Å². The van der Waals surface area contributed by atoms with Gasteiger partial charge in [-0.25, -0.2) is 4.79 Å². The van der Waals surface area contributed by atoms with E-state index in [-0.39, 0.29) is 5.57 Å². The first-order chi connectivity index (χ1) is 14.5. The van der Waals surface area contributed by atoms with Crippen LogP contribution in [0, 0.1) is 14.9 Å². The van der Waals surface area contributed by atoms with Gasteiger partial charge in [0.2, 0.25) is 0 Å². The molecule has 0 fully saturated rings. The maximum atomic E-state index is 12.4. The largest absolute Gasteiger partial charge is 0.423 e. The third-order valence-corrected chi connectivity index (χ3v) is 5.31. The lowest BCUT2D eigenvalue weighted by molar-refractivity contribution is -0.112. The Bertz CT molecular complexity index is 1170. The number of amides is 1. The van der Waals surface area contributed by atoms with E-state index < -0.39 is 11.9 Å². The molecule has 5 nitrogen and oxygen atoms in total. The predicted octanol–water partition coefficient (Wildman–Crippen LogP) is 5.82. The van der Waals surface area contributed by atoms with Crippen LogP contribution in [0.3, 0.4) is 0 Å². The number of carbonyl (C=O) groups is 2. The highest BCUT2D eigenvalue weighted by Crippen LogP contribution is 2.20. The summed E-state index contributed by atoms with van der Waals surface area (Å²) in [5, 5.41) is 12.1. The summed E-state index contributed by atoms with van der Waals surface area (Å²) in [5.74, 6) is -0.626. The first kappa shape index (κ1) is 21.7. The average Bonchev–Trinajstić information content (AvgIpc) is 2.73. The topological polar surface area (TPSA) is 79.2 Å². The van der Waals surface area contributed by atoms with Crippen molar-refractivity contribution in [3.8, 4) is 11.8 Å². The molecular formula is C23H14BrIN2O3. The molecule has 30 heavy (non-hydrogen) atoms. The number of rotatable bonds is 5. The van der Waals surface area contributed by atoms with Crippen LogP contribution in [0.1, 0.15) is 15.9 Å². The van der Waals surface area contributed by atoms with E-state index in [0.717, 1.165) is 3.57 Å². The zero-order valence-corrected chi connectivity index (χ0v) is 19.2. The normalized spacial score (nSPS) is 10.8. The van der Waals surface area contributed by atoms with Gasteiger partial charge in [0.15, 0.2) is 0 Å². The molecule has 0 aliphatic rings. The van der Waals surface area contributed by atoms with Gasteiger partial charge in [-0.1, -0.05) is 30.3 Å². The zero-order chi connectivity index (χ0) is 21.5. The summed E-state index contributed by atoms with van der Waals surface area (Å²) in [5.41, 5.74) is 1.62. The number of nitrogens with zero attached hydrogens (tertiary/aromatic N) is 1. The van der Waals surface area contributed by atoms with Crippen LogP contribution in [0.2, 0.25) is 0 Å². The lowest BCUT2D eigenvalue weighted by atomic mass is 10.1. The van der Waals surface area contributed by atoms with Gasteiger partial charge >= 0.3 is 5.97 Å². The fourth-order valence-electron chi connectivity index (χ4n) is 2.50. The lowest BCUT2D eigenvalue weighted by Crippen LogP contribution is -2.13. The third kappa shape index (κ3) is 5.78. The second-order valence-corrected chi connectivity index (χ2v) is 8.17. The van der Waals surface area contributed by atoms with Crippen LogP contribution in [-0.4, -0.2) is 11.9 Å². The van der Waals surface area contributed by atoms with E-state index >= 15 is 0 Å². The minimum atomic E-state index is -0.496. The van der Waals surface area contributed by atoms with E-state index in [1.54, 1.807) is 48.5 Å². The number of nitrogens with one attached hydrogen (secondary N) is 1. The summed E-state index contributed by atoms with van der Waals surface area (Å²) in [6, 6.07) is 22.7. The molecule has 3 rings (SSSR count). The number of ether oxygens (including phenoxy) is 1. The van der Waals surface area contributed by atoms with Crippen molar-refractivity contribution < 1.29 is 14.3 Å². The van der Waals surface area contributed by atoms with Gasteiger partial charge in [-0.15, -0.1) is 0 Å². The number of carbonyl (C=O) groups excluding carboxylic acids is 2. The third-order valence-electron chi connectivity index (χ3n) is 3.94. The number of nitriles is 1. The van der Waals surface area contributed by atoms with E-state index in [2.05, 4.69) is 43.8 Å². The first-order valence-corrected chi connectivity index (χ1v) is 10.6. The quantitative estimate of drug-likeness (QED) is 0.137. The molecule has 3 aromatic carbocycles. The van der Waals surface area contributed by atoms with Crippen LogP contribution in [0.4, 0.5) is 5.69 Å².